The zero-order chi connectivity index (χ0) is 67.9. The van der Waals surface area contributed by atoms with Crippen LogP contribution in [-0.4, -0.2) is 123 Å². The molecule has 4 rings (SSSR count). The number of esters is 6. The number of rotatable bonds is 59. The van der Waals surface area contributed by atoms with Gasteiger partial charge in [0, 0.05) is 50.3 Å². The van der Waals surface area contributed by atoms with E-state index in [1.54, 1.807) is 24.3 Å². The van der Waals surface area contributed by atoms with Gasteiger partial charge in [-0.1, -0.05) is 227 Å². The Balaban J connectivity index is 0.892. The molecule has 2 saturated heterocycles. The van der Waals surface area contributed by atoms with Crippen LogP contribution in [0.1, 0.15) is 295 Å². The molecular weight excluding hydrogens is 1230 g/mol. The first-order valence-electron chi connectivity index (χ1n) is 38.4. The summed E-state index contributed by atoms with van der Waals surface area (Å²) in [5, 5.41) is 0. The third kappa shape index (κ3) is 45.2. The number of nitrogens with zero attached hydrogens (tertiary/aromatic N) is 2. The number of unbranched alkanes of at least 4 members (excludes halogenated alkanes) is 23. The Hall–Kier alpha value is -4.12. The van der Waals surface area contributed by atoms with Gasteiger partial charge in [-0.15, -0.1) is 0 Å². The van der Waals surface area contributed by atoms with Crippen LogP contribution in [-0.2, 0) is 60.6 Å². The van der Waals surface area contributed by atoms with Crippen LogP contribution >= 0.6 is 21.6 Å². The maximum absolute atomic E-state index is 12.7. The van der Waals surface area contributed by atoms with E-state index < -0.39 is 0 Å². The molecule has 2 heterocycles. The van der Waals surface area contributed by atoms with E-state index in [2.05, 4.69) is 30.6 Å². The minimum Gasteiger partial charge on any atom is -0.466 e. The highest BCUT2D eigenvalue weighted by Crippen LogP contribution is 2.28. The molecule has 0 amide bonds. The summed E-state index contributed by atoms with van der Waals surface area (Å²) in [7, 11) is 3.95. The van der Waals surface area contributed by atoms with Crippen LogP contribution in [0.25, 0.3) is 0 Å². The normalized spacial score (nSPS) is 14.3. The number of carbonyl (C=O) groups excluding carboxylic acids is 6. The Morgan fingerprint density at radius 1 is 0.368 bits per heavy atom. The van der Waals surface area contributed by atoms with Gasteiger partial charge in [0.1, 0.15) is 11.5 Å². The van der Waals surface area contributed by atoms with Crippen molar-refractivity contribution in [1.29, 1.82) is 0 Å². The quantitative estimate of drug-likeness (QED) is 0.0202. The number of ether oxygens (including phenoxy) is 6. The average molecular weight is 1360 g/mol. The van der Waals surface area contributed by atoms with Gasteiger partial charge in [-0.3, -0.25) is 28.8 Å². The van der Waals surface area contributed by atoms with Gasteiger partial charge >= 0.3 is 35.8 Å². The summed E-state index contributed by atoms with van der Waals surface area (Å²) >= 11 is 0. The SMILES string of the molecule is CCCCCCCCCOC(=O)CCCCCCCC(=O)Oc1ccc(CC(=O)OCCC2CCN(CCSSCCN3CCC(CCOC(=O)Cc4ccc(OC(=O)CCCCCCCC(=O)OCCC(CCCCCCC)CCCCCCCC)cc4)CC3)CC2)cc1. The van der Waals surface area contributed by atoms with E-state index in [4.69, 9.17) is 28.4 Å². The van der Waals surface area contributed by atoms with E-state index in [1.807, 2.05) is 45.9 Å². The van der Waals surface area contributed by atoms with Gasteiger partial charge in [-0.05, 0) is 156 Å². The molecule has 95 heavy (non-hydrogen) atoms. The highest BCUT2D eigenvalue weighted by molar-refractivity contribution is 8.76. The molecule has 2 aliphatic heterocycles. The first-order chi connectivity index (χ1) is 46.5. The van der Waals surface area contributed by atoms with E-state index >= 15 is 0 Å². The molecule has 2 aromatic rings. The van der Waals surface area contributed by atoms with Crippen molar-refractivity contribution >= 4 is 57.4 Å². The van der Waals surface area contributed by atoms with Gasteiger partial charge in [0.15, 0.2) is 0 Å². The second-order valence-electron chi connectivity index (χ2n) is 27.3. The van der Waals surface area contributed by atoms with E-state index in [0.29, 0.717) is 81.4 Å². The molecular formula is C79H130N2O12S2. The van der Waals surface area contributed by atoms with E-state index in [9.17, 15) is 28.8 Å². The Labute approximate surface area is 584 Å². The van der Waals surface area contributed by atoms with E-state index in [0.717, 1.165) is 184 Å². The summed E-state index contributed by atoms with van der Waals surface area (Å²) < 4.78 is 33.4. The predicted molar refractivity (Wildman–Crippen MR) is 390 cm³/mol. The van der Waals surface area contributed by atoms with Crippen molar-refractivity contribution in [3.63, 3.8) is 0 Å². The summed E-state index contributed by atoms with van der Waals surface area (Å²) in [5.74, 6) is 3.83. The second kappa shape index (κ2) is 56.7. The van der Waals surface area contributed by atoms with Crippen LogP contribution in [0.3, 0.4) is 0 Å². The molecule has 0 spiro atoms. The van der Waals surface area contributed by atoms with Crippen LogP contribution < -0.4 is 9.47 Å². The lowest BCUT2D eigenvalue weighted by molar-refractivity contribution is -0.145. The van der Waals surface area contributed by atoms with Gasteiger partial charge in [0.2, 0.25) is 0 Å². The van der Waals surface area contributed by atoms with Gasteiger partial charge in [-0.25, -0.2) is 0 Å². The lowest BCUT2D eigenvalue weighted by atomic mass is 9.92. The molecule has 14 nitrogen and oxygen atoms in total. The van der Waals surface area contributed by atoms with E-state index in [-0.39, 0.29) is 48.7 Å². The molecule has 1 unspecified atom stereocenters. The standard InChI is InChI=1S/C79H130N2O12S2/c1-4-7-10-13-15-24-31-59-88-74(82)34-27-20-16-22-29-36-76(84)92-72-42-38-70(39-43-72)65-78(86)90-61-51-68-46-53-80(54-47-68)57-63-94-95-64-58-81-55-48-69(49-56-81)52-62-91-79(87)66-71-40-44-73(45-41-71)93-77(85)37-30-23-17-21-28-35-75(83)89-60-50-67(32-25-18-12-9-6-3)33-26-19-14-11-8-5-2/h38-45,67-69H,4-37,46-66H2,1-3H3. The lowest BCUT2D eigenvalue weighted by Crippen LogP contribution is -2.36. The van der Waals surface area contributed by atoms with E-state index in [1.165, 1.54) is 116 Å². The van der Waals surface area contributed by atoms with Crippen LogP contribution in [0.4, 0.5) is 0 Å². The largest absolute Gasteiger partial charge is 0.466 e. The summed E-state index contributed by atoms with van der Waals surface area (Å²) in [5.41, 5.74) is 1.66. The first-order valence-corrected chi connectivity index (χ1v) is 40.9. The highest BCUT2D eigenvalue weighted by atomic mass is 33.1. The topological polar surface area (TPSA) is 164 Å². The third-order valence-corrected chi connectivity index (χ3v) is 21.4. The molecule has 0 radical (unpaired) electrons. The highest BCUT2D eigenvalue weighted by Gasteiger charge is 2.22. The summed E-state index contributed by atoms with van der Waals surface area (Å²) in [6.07, 6.45) is 43.5. The van der Waals surface area contributed by atoms with Gasteiger partial charge in [0.25, 0.3) is 0 Å². The van der Waals surface area contributed by atoms with Crippen molar-refractivity contribution in [2.45, 2.75) is 297 Å². The number of carbonyl (C=O) groups is 6. The molecule has 0 aliphatic carbocycles. The Morgan fingerprint density at radius 2 is 0.695 bits per heavy atom. The first kappa shape index (κ1) is 83.3. The van der Waals surface area contributed by atoms with Gasteiger partial charge in [-0.2, -0.15) is 0 Å². The molecule has 1 atom stereocenters. The predicted octanol–water partition coefficient (Wildman–Crippen LogP) is 19.4. The molecule has 2 aliphatic rings. The molecule has 0 saturated carbocycles. The maximum atomic E-state index is 12.7. The van der Waals surface area contributed by atoms with Gasteiger partial charge < -0.3 is 38.2 Å². The maximum Gasteiger partial charge on any atom is 0.311 e. The minimum atomic E-state index is -0.263. The fourth-order valence-corrected chi connectivity index (χ4v) is 14.9. The molecule has 0 aromatic heterocycles. The molecule has 16 heteroatoms. The monoisotopic (exact) mass is 1360 g/mol. The molecule has 2 fully saturated rings. The van der Waals surface area contributed by atoms with Crippen molar-refractivity contribution in [3.8, 4) is 11.5 Å². The third-order valence-electron chi connectivity index (χ3n) is 19.1. The average Bonchev–Trinajstić information content (AvgIpc) is 2.17. The Morgan fingerprint density at radius 3 is 1.08 bits per heavy atom. The lowest BCUT2D eigenvalue weighted by Gasteiger charge is -2.32. The molecule has 0 N–H and O–H groups in total. The molecule has 540 valence electrons. The van der Waals surface area contributed by atoms with Crippen molar-refractivity contribution in [2.24, 2.45) is 17.8 Å². The van der Waals surface area contributed by atoms with Crippen LogP contribution in [0, 0.1) is 17.8 Å². The summed E-state index contributed by atoms with van der Waals surface area (Å²) in [6, 6.07) is 14.2. The Bertz CT molecular complexity index is 2270. The van der Waals surface area contributed by atoms with Crippen molar-refractivity contribution in [3.05, 3.63) is 59.7 Å². The van der Waals surface area contributed by atoms with Gasteiger partial charge in [0.05, 0.1) is 39.3 Å². The number of benzene rings is 2. The molecule has 0 bridgehead atoms. The summed E-state index contributed by atoms with van der Waals surface area (Å²) in [6.45, 7) is 15.3. The van der Waals surface area contributed by atoms with Crippen LogP contribution in [0.2, 0.25) is 0 Å². The number of hydrogen-bond donors (Lipinski definition) is 0. The number of hydrogen-bond acceptors (Lipinski definition) is 16. The number of likely N-dealkylation sites (tertiary alicyclic amines) is 2. The fraction of sp³-hybridized carbons (Fsp3) is 0.772. The zero-order valence-corrected chi connectivity index (χ0v) is 61.5. The zero-order valence-electron chi connectivity index (χ0n) is 59.9. The van der Waals surface area contributed by atoms with Crippen LogP contribution in [0.15, 0.2) is 48.5 Å². The second-order valence-corrected chi connectivity index (χ2v) is 30.0. The molecule has 2 aromatic carbocycles. The minimum absolute atomic E-state index is 0.0779. The smallest absolute Gasteiger partial charge is 0.311 e. The van der Waals surface area contributed by atoms with Crippen molar-refractivity contribution < 1.29 is 57.2 Å². The van der Waals surface area contributed by atoms with Crippen molar-refractivity contribution in [2.75, 3.05) is 77.2 Å². The fourth-order valence-electron chi connectivity index (χ4n) is 12.8. The summed E-state index contributed by atoms with van der Waals surface area (Å²) in [4.78, 5) is 79.9. The Kier molecular flexibility index (Phi) is 49.7. The van der Waals surface area contributed by atoms with Crippen LogP contribution in [0.5, 0.6) is 11.5 Å². The van der Waals surface area contributed by atoms with Crippen molar-refractivity contribution in [1.82, 2.24) is 9.80 Å². The number of piperidine rings is 2.